The molecule has 2 saturated heterocycles. The van der Waals surface area contributed by atoms with Crippen LogP contribution in [0.15, 0.2) is 194 Å². The van der Waals surface area contributed by atoms with Gasteiger partial charge in [-0.1, -0.05) is 160 Å². The first kappa shape index (κ1) is 55.0. The Morgan fingerprint density at radius 3 is 0.866 bits per heavy atom. The zero-order valence-electron chi connectivity index (χ0n) is 47.4. The highest BCUT2D eigenvalue weighted by Crippen LogP contribution is 2.53. The van der Waals surface area contributed by atoms with Crippen molar-refractivity contribution in [3.05, 3.63) is 228 Å². The third kappa shape index (κ3) is 12.1. The topological polar surface area (TPSA) is 101 Å². The van der Waals surface area contributed by atoms with E-state index in [0.717, 1.165) is 84.1 Å². The Morgan fingerprint density at radius 1 is 0.354 bits per heavy atom. The zero-order valence-corrected chi connectivity index (χ0v) is 47.4. The molecule has 4 aliphatic rings. The van der Waals surface area contributed by atoms with Gasteiger partial charge in [-0.2, -0.15) is 0 Å². The van der Waals surface area contributed by atoms with Gasteiger partial charge in [0.15, 0.2) is 0 Å². The molecular weight excluding hydrogens is 1020 g/mol. The molecule has 2 saturated carbocycles. The number of epoxide rings is 2. The third-order valence-corrected chi connectivity index (χ3v) is 17.8. The zero-order chi connectivity index (χ0) is 55.7. The molecule has 0 amide bonds. The number of methoxy groups -OCH3 is 2. The van der Waals surface area contributed by atoms with Crippen LogP contribution in [-0.2, 0) is 20.3 Å². The maximum absolute atomic E-state index is 11.4. The summed E-state index contributed by atoms with van der Waals surface area (Å²) in [5.41, 5.74) is 11.1. The molecule has 2 heterocycles. The van der Waals surface area contributed by atoms with Gasteiger partial charge in [0.05, 0.1) is 27.4 Å². The molecule has 82 heavy (non-hydrogen) atoms. The molecule has 422 valence electrons. The van der Waals surface area contributed by atoms with Gasteiger partial charge in [0.1, 0.15) is 79.2 Å². The van der Waals surface area contributed by atoms with Crippen molar-refractivity contribution in [3.63, 3.8) is 0 Å². The van der Waals surface area contributed by atoms with E-state index < -0.39 is 16.9 Å². The minimum Gasteiger partial charge on any atom is -0.497 e. The lowest BCUT2D eigenvalue weighted by Crippen LogP contribution is -2.39. The Labute approximate surface area is 484 Å². The second kappa shape index (κ2) is 25.3. The molecule has 4 fully saturated rings. The van der Waals surface area contributed by atoms with Gasteiger partial charge in [-0.05, 0) is 166 Å². The first-order chi connectivity index (χ1) is 40.4. The molecule has 9 nitrogen and oxygen atoms in total. The predicted octanol–water partition coefficient (Wildman–Crippen LogP) is 15.2. The first-order valence-electron chi connectivity index (χ1n) is 29.7. The van der Waals surface area contributed by atoms with Crippen molar-refractivity contribution in [1.82, 2.24) is 0 Å². The van der Waals surface area contributed by atoms with Crippen LogP contribution < -0.4 is 28.4 Å². The molecule has 0 aromatic heterocycles. The minimum atomic E-state index is -0.866. The Bertz CT molecular complexity index is 3050. The summed E-state index contributed by atoms with van der Waals surface area (Å²) in [5, 5.41) is 11.4. The van der Waals surface area contributed by atoms with E-state index in [1.54, 1.807) is 14.2 Å². The average Bonchev–Trinajstić information content (AvgIpc) is 3.47. The van der Waals surface area contributed by atoms with Gasteiger partial charge in [0.2, 0.25) is 0 Å². The molecule has 0 bridgehead atoms. The van der Waals surface area contributed by atoms with Crippen LogP contribution in [0.25, 0.3) is 22.3 Å². The summed E-state index contributed by atoms with van der Waals surface area (Å²) in [6.45, 7) is 2.80. The van der Waals surface area contributed by atoms with E-state index in [0.29, 0.717) is 36.5 Å². The molecule has 0 spiro atoms. The van der Waals surface area contributed by atoms with E-state index in [1.165, 1.54) is 71.9 Å². The van der Waals surface area contributed by atoms with Gasteiger partial charge in [-0.3, -0.25) is 0 Å². The number of aliphatic hydroxyl groups is 1. The monoisotopic (exact) mass is 1100 g/mol. The molecule has 4 atom stereocenters. The first-order valence-corrected chi connectivity index (χ1v) is 29.7. The van der Waals surface area contributed by atoms with Crippen LogP contribution in [0.3, 0.4) is 0 Å². The van der Waals surface area contributed by atoms with E-state index in [1.807, 2.05) is 24.3 Å². The van der Waals surface area contributed by atoms with Gasteiger partial charge >= 0.3 is 0 Å². The average molecular weight is 1100 g/mol. The van der Waals surface area contributed by atoms with E-state index in [4.69, 9.17) is 37.9 Å². The van der Waals surface area contributed by atoms with Gasteiger partial charge < -0.3 is 43.0 Å². The quantitative estimate of drug-likeness (QED) is 0.0468. The van der Waals surface area contributed by atoms with Gasteiger partial charge in [0.25, 0.3) is 0 Å². The van der Waals surface area contributed by atoms with Gasteiger partial charge in [-0.25, -0.2) is 0 Å². The molecule has 12 rings (SSSR count). The number of rotatable bonds is 24. The lowest BCUT2D eigenvalue weighted by Gasteiger charge is -2.45. The summed E-state index contributed by atoms with van der Waals surface area (Å²) < 4.78 is 46.8. The summed E-state index contributed by atoms with van der Waals surface area (Å²) in [4.78, 5) is 0. The van der Waals surface area contributed by atoms with Crippen LogP contribution in [-0.4, -0.2) is 77.3 Å². The molecule has 4 unspecified atom stereocenters. The molecular formula is C73H76O9. The highest BCUT2D eigenvalue weighted by Gasteiger charge is 2.46. The van der Waals surface area contributed by atoms with Crippen LogP contribution in [0.2, 0.25) is 0 Å². The fourth-order valence-electron chi connectivity index (χ4n) is 13.3. The summed E-state index contributed by atoms with van der Waals surface area (Å²) in [5.74, 6) is 5.48. The third-order valence-electron chi connectivity index (χ3n) is 17.8. The number of aliphatic hydroxyl groups excluding tert-OH is 1. The second-order valence-electron chi connectivity index (χ2n) is 22.8. The summed E-state index contributed by atoms with van der Waals surface area (Å²) in [7, 11) is 3.40. The highest BCUT2D eigenvalue weighted by molar-refractivity contribution is 5.67. The summed E-state index contributed by atoms with van der Waals surface area (Å²) in [6, 6.07) is 69.6. The van der Waals surface area contributed by atoms with Crippen molar-refractivity contribution in [2.24, 2.45) is 11.8 Å². The lowest BCUT2D eigenvalue weighted by molar-refractivity contribution is 0.0626. The minimum absolute atomic E-state index is 0.0794. The van der Waals surface area contributed by atoms with E-state index >= 15 is 0 Å². The van der Waals surface area contributed by atoms with Crippen LogP contribution in [0.5, 0.6) is 34.5 Å². The number of benzene rings is 8. The van der Waals surface area contributed by atoms with E-state index in [-0.39, 0.29) is 25.4 Å². The van der Waals surface area contributed by atoms with Crippen molar-refractivity contribution in [3.8, 4) is 56.8 Å². The SMILES string of the molecule is COc1ccc(-c2ccc(C(c3ccc(OCC(O)COc4ccc(C(c5ccc(OCC6CO6)cc5)(c5ccc(-c6ccc(OC)cc6)cc5)C5CCCCC5)cc4)cc3)(c3ccc(OCC4CO4)cc3)C3CCCCC3)cc2)cc1. The molecule has 2 aliphatic heterocycles. The Hall–Kier alpha value is -7.56. The molecule has 0 radical (unpaired) electrons. The molecule has 8 aromatic carbocycles. The fourth-order valence-corrected chi connectivity index (χ4v) is 13.3. The van der Waals surface area contributed by atoms with Crippen LogP contribution in [0.4, 0.5) is 0 Å². The predicted molar refractivity (Wildman–Crippen MR) is 323 cm³/mol. The summed E-state index contributed by atoms with van der Waals surface area (Å²) >= 11 is 0. The van der Waals surface area contributed by atoms with Crippen molar-refractivity contribution in [2.75, 3.05) is 53.9 Å². The van der Waals surface area contributed by atoms with Crippen molar-refractivity contribution in [1.29, 1.82) is 0 Å². The van der Waals surface area contributed by atoms with E-state index in [9.17, 15) is 5.11 Å². The number of hydrogen-bond acceptors (Lipinski definition) is 9. The van der Waals surface area contributed by atoms with Gasteiger partial charge in [-0.15, -0.1) is 0 Å². The highest BCUT2D eigenvalue weighted by atomic mass is 16.6. The smallest absolute Gasteiger partial charge is 0.122 e. The van der Waals surface area contributed by atoms with Crippen molar-refractivity contribution < 1.29 is 43.0 Å². The maximum atomic E-state index is 11.4. The molecule has 8 aromatic rings. The Kier molecular flexibility index (Phi) is 17.0. The normalized spacial score (nSPS) is 19.0. The van der Waals surface area contributed by atoms with Crippen LogP contribution in [0.1, 0.15) is 97.6 Å². The number of ether oxygens (including phenoxy) is 8. The fraction of sp³-hybridized carbons (Fsp3) is 0.342. The second-order valence-corrected chi connectivity index (χ2v) is 22.8. The van der Waals surface area contributed by atoms with Crippen LogP contribution >= 0.6 is 0 Å². The Morgan fingerprint density at radius 2 is 0.598 bits per heavy atom. The van der Waals surface area contributed by atoms with Crippen molar-refractivity contribution >= 4 is 0 Å². The molecule has 9 heteroatoms. The van der Waals surface area contributed by atoms with E-state index in [2.05, 4.69) is 170 Å². The molecule has 2 aliphatic carbocycles. The number of hydrogen-bond donors (Lipinski definition) is 1. The standard InChI is InChI=1S/C73H76O9/c1-75-64-33-17-53(18-34-64)51-13-21-57(22-14-51)72(55-9-5-3-6-10-55,61-29-41-68(42-30-61)79-47-70-49-81-70)59-25-37-66(38-26-59)77-45-63(74)46-78-67-39-27-60(28-40-67)73(56-11-7-4-8-12-56,62-31-43-69(44-32-62)80-48-71-50-82-71)58-23-15-52(16-24-58)54-19-35-65(76-2)36-20-54/h13-44,55-56,63,70-71,74H,3-12,45-50H2,1-2H3. The maximum Gasteiger partial charge on any atom is 0.122 e. The van der Waals surface area contributed by atoms with Crippen LogP contribution in [0, 0.1) is 11.8 Å². The molecule has 1 N–H and O–H groups in total. The largest absolute Gasteiger partial charge is 0.497 e. The Balaban J connectivity index is 0.779. The lowest BCUT2D eigenvalue weighted by atomic mass is 9.58. The van der Waals surface area contributed by atoms with Crippen molar-refractivity contribution in [2.45, 2.75) is 93.4 Å². The summed E-state index contributed by atoms with van der Waals surface area (Å²) in [6.07, 6.45) is 11.2. The van der Waals surface area contributed by atoms with Gasteiger partial charge in [0, 0.05) is 10.8 Å².